The van der Waals surface area contributed by atoms with Gasteiger partial charge >= 0.3 is 5.97 Å². The number of carbonyl (C=O) groups excluding carboxylic acids is 1. The van der Waals surface area contributed by atoms with Crippen LogP contribution in [0.2, 0.25) is 0 Å². The van der Waals surface area contributed by atoms with Crippen molar-refractivity contribution in [3.63, 3.8) is 0 Å². The molecule has 1 saturated carbocycles. The normalized spacial score (nSPS) is 48.1. The molecule has 4 heteroatoms. The van der Waals surface area contributed by atoms with Crippen LogP contribution in [0, 0.1) is 5.92 Å². The van der Waals surface area contributed by atoms with E-state index < -0.39 is 5.60 Å². The lowest BCUT2D eigenvalue weighted by Gasteiger charge is -2.42. The quantitative estimate of drug-likeness (QED) is 0.548. The van der Waals surface area contributed by atoms with Crippen molar-refractivity contribution in [2.75, 3.05) is 0 Å². The molecule has 1 aliphatic carbocycles. The molecule has 90 valence electrons. The molecule has 1 heterocycles. The Hall–Kier alpha value is -0.0200. The summed E-state index contributed by atoms with van der Waals surface area (Å²) in [6.45, 7) is 4.04. The highest BCUT2D eigenvalue weighted by Gasteiger charge is 2.46. The number of carbonyl (C=O) groups is 1. The maximum atomic E-state index is 11.2. The van der Waals surface area contributed by atoms with Crippen LogP contribution in [-0.2, 0) is 9.53 Å². The third-order valence-electron chi connectivity index (χ3n) is 3.81. The lowest BCUT2D eigenvalue weighted by molar-refractivity contribution is -0.149. The number of halogens is 2. The van der Waals surface area contributed by atoms with Gasteiger partial charge in [0.15, 0.2) is 0 Å². The van der Waals surface area contributed by atoms with Crippen LogP contribution in [0.4, 0.5) is 0 Å². The maximum Gasteiger partial charge on any atom is 0.331 e. The number of alkyl halides is 2. The monoisotopic (exact) mass is 306 g/mol. The first-order chi connectivity index (χ1) is 7.33. The topological polar surface area (TPSA) is 26.3 Å². The third kappa shape index (κ3) is 2.17. The summed E-state index contributed by atoms with van der Waals surface area (Å²) < 4.78 is 5.39. The van der Waals surface area contributed by atoms with Gasteiger partial charge in [0.2, 0.25) is 0 Å². The Labute approximate surface area is 109 Å². The van der Waals surface area contributed by atoms with Gasteiger partial charge < -0.3 is 4.74 Å². The van der Waals surface area contributed by atoms with Crippen LogP contribution in [0.5, 0.6) is 0 Å². The molecule has 2 rings (SSSR count). The van der Waals surface area contributed by atoms with E-state index in [4.69, 9.17) is 16.3 Å². The smallest absolute Gasteiger partial charge is 0.331 e. The van der Waals surface area contributed by atoms with Gasteiger partial charge in [0.05, 0.1) is 4.87 Å². The molecule has 0 N–H and O–H groups in total. The minimum absolute atomic E-state index is 0.181. The molecule has 0 bridgehead atoms. The highest BCUT2D eigenvalue weighted by Crippen LogP contribution is 2.46. The second kappa shape index (κ2) is 4.02. The molecule has 0 aromatic rings. The standard InChI is InChI=1S/C12H16BrClO2/c1-11(14)5-3-8(7-9(11)13)12(2)6-4-10(15)16-12/h4,6,8-9H,3,5,7H2,1-2H3. The first-order valence-electron chi connectivity index (χ1n) is 5.59. The van der Waals surface area contributed by atoms with Gasteiger partial charge in [-0.1, -0.05) is 15.9 Å². The Kier molecular flexibility index (Phi) is 3.13. The summed E-state index contributed by atoms with van der Waals surface area (Å²) in [4.78, 5) is 11.3. The Morgan fingerprint density at radius 3 is 2.75 bits per heavy atom. The zero-order chi connectivity index (χ0) is 12.0. The van der Waals surface area contributed by atoms with E-state index in [0.717, 1.165) is 19.3 Å². The third-order valence-corrected chi connectivity index (χ3v) is 5.91. The van der Waals surface area contributed by atoms with E-state index in [2.05, 4.69) is 22.9 Å². The predicted octanol–water partition coefficient (Wildman–Crippen LogP) is 3.42. The number of esters is 1. The van der Waals surface area contributed by atoms with Crippen LogP contribution < -0.4 is 0 Å². The Morgan fingerprint density at radius 2 is 2.25 bits per heavy atom. The van der Waals surface area contributed by atoms with Crippen molar-refractivity contribution >= 4 is 33.5 Å². The Morgan fingerprint density at radius 1 is 1.56 bits per heavy atom. The zero-order valence-corrected chi connectivity index (χ0v) is 11.8. The lowest BCUT2D eigenvalue weighted by atomic mass is 9.74. The first kappa shape index (κ1) is 12.4. The second-order valence-electron chi connectivity index (χ2n) is 5.16. The highest BCUT2D eigenvalue weighted by atomic mass is 79.9. The predicted molar refractivity (Wildman–Crippen MR) is 68.0 cm³/mol. The van der Waals surface area contributed by atoms with Gasteiger partial charge in [-0.15, -0.1) is 11.6 Å². The van der Waals surface area contributed by atoms with Gasteiger partial charge in [0, 0.05) is 16.8 Å². The van der Waals surface area contributed by atoms with Crippen LogP contribution in [0.1, 0.15) is 33.1 Å². The fourth-order valence-corrected chi connectivity index (χ4v) is 3.36. The molecule has 4 unspecified atom stereocenters. The molecule has 1 aliphatic heterocycles. The molecule has 2 aliphatic rings. The molecule has 0 saturated heterocycles. The largest absolute Gasteiger partial charge is 0.452 e. The first-order valence-corrected chi connectivity index (χ1v) is 6.88. The van der Waals surface area contributed by atoms with Gasteiger partial charge in [0.1, 0.15) is 5.60 Å². The average molecular weight is 308 g/mol. The zero-order valence-electron chi connectivity index (χ0n) is 9.50. The van der Waals surface area contributed by atoms with Gasteiger partial charge in [-0.25, -0.2) is 4.79 Å². The van der Waals surface area contributed by atoms with E-state index in [0.29, 0.717) is 5.92 Å². The fourth-order valence-electron chi connectivity index (χ4n) is 2.48. The molecular formula is C12H16BrClO2. The van der Waals surface area contributed by atoms with Crippen LogP contribution in [0.25, 0.3) is 0 Å². The summed E-state index contributed by atoms with van der Waals surface area (Å²) >= 11 is 10.0. The summed E-state index contributed by atoms with van der Waals surface area (Å²) in [7, 11) is 0. The van der Waals surface area contributed by atoms with Crippen molar-refractivity contribution in [1.82, 2.24) is 0 Å². The maximum absolute atomic E-state index is 11.2. The van der Waals surface area contributed by atoms with Gasteiger partial charge in [-0.05, 0) is 39.2 Å². The van der Waals surface area contributed by atoms with E-state index >= 15 is 0 Å². The molecule has 1 fully saturated rings. The van der Waals surface area contributed by atoms with Gasteiger partial charge in [0.25, 0.3) is 0 Å². The van der Waals surface area contributed by atoms with Crippen molar-refractivity contribution in [2.45, 2.75) is 48.4 Å². The van der Waals surface area contributed by atoms with E-state index in [-0.39, 0.29) is 15.7 Å². The minimum Gasteiger partial charge on any atom is -0.452 e. The van der Waals surface area contributed by atoms with Crippen molar-refractivity contribution in [3.05, 3.63) is 12.2 Å². The summed E-state index contributed by atoms with van der Waals surface area (Å²) in [5.41, 5.74) is -0.434. The molecule has 4 atom stereocenters. The number of ether oxygens (including phenoxy) is 1. The molecule has 0 aromatic carbocycles. The fraction of sp³-hybridized carbons (Fsp3) is 0.750. The summed E-state index contributed by atoms with van der Waals surface area (Å²) in [6.07, 6.45) is 6.29. The Bertz CT molecular complexity index is 340. The molecule has 0 radical (unpaired) electrons. The van der Waals surface area contributed by atoms with Gasteiger partial charge in [-0.2, -0.15) is 0 Å². The van der Waals surface area contributed by atoms with Crippen LogP contribution >= 0.6 is 27.5 Å². The SMILES string of the molecule is CC1(Cl)CCC(C2(C)C=CC(=O)O2)CC1Br. The van der Waals surface area contributed by atoms with Crippen LogP contribution in [0.3, 0.4) is 0 Å². The molecular weight excluding hydrogens is 291 g/mol. The average Bonchev–Trinajstić information content (AvgIpc) is 2.52. The van der Waals surface area contributed by atoms with E-state index in [1.165, 1.54) is 6.08 Å². The highest BCUT2D eigenvalue weighted by molar-refractivity contribution is 9.09. The number of hydrogen-bond donors (Lipinski definition) is 0. The van der Waals surface area contributed by atoms with Crippen molar-refractivity contribution in [1.29, 1.82) is 0 Å². The molecule has 16 heavy (non-hydrogen) atoms. The summed E-state index contributed by atoms with van der Waals surface area (Å²) in [5, 5.41) is 0. The molecule has 0 amide bonds. The summed E-state index contributed by atoms with van der Waals surface area (Å²) in [5.74, 6) is 0.124. The van der Waals surface area contributed by atoms with Crippen molar-refractivity contribution in [3.8, 4) is 0 Å². The van der Waals surface area contributed by atoms with Crippen LogP contribution in [0.15, 0.2) is 12.2 Å². The number of rotatable bonds is 1. The van der Waals surface area contributed by atoms with E-state index in [9.17, 15) is 4.79 Å². The molecule has 0 aromatic heterocycles. The summed E-state index contributed by atoms with van der Waals surface area (Å²) in [6, 6.07) is 0. The van der Waals surface area contributed by atoms with Crippen molar-refractivity contribution in [2.24, 2.45) is 5.92 Å². The van der Waals surface area contributed by atoms with Crippen molar-refractivity contribution < 1.29 is 9.53 Å². The lowest BCUT2D eigenvalue weighted by Crippen LogP contribution is -2.44. The number of cyclic esters (lactones) is 1. The second-order valence-corrected chi connectivity index (χ2v) is 7.12. The van der Waals surface area contributed by atoms with Crippen LogP contribution in [-0.4, -0.2) is 21.3 Å². The minimum atomic E-state index is -0.434. The number of hydrogen-bond acceptors (Lipinski definition) is 2. The van der Waals surface area contributed by atoms with Gasteiger partial charge in [-0.3, -0.25) is 0 Å². The Balaban J connectivity index is 2.08. The molecule has 2 nitrogen and oxygen atoms in total. The van der Waals surface area contributed by atoms with E-state index in [1.54, 1.807) is 0 Å². The van der Waals surface area contributed by atoms with E-state index in [1.807, 2.05) is 13.0 Å². The molecule has 0 spiro atoms.